The number of rotatable bonds is 5. The van der Waals surface area contributed by atoms with Gasteiger partial charge < -0.3 is 10.2 Å². The van der Waals surface area contributed by atoms with Crippen LogP contribution in [0.25, 0.3) is 0 Å². The Balaban J connectivity index is 2.08. The summed E-state index contributed by atoms with van der Waals surface area (Å²) in [7, 11) is 2.23. The van der Waals surface area contributed by atoms with Crippen molar-refractivity contribution >= 4 is 0 Å². The van der Waals surface area contributed by atoms with E-state index in [-0.39, 0.29) is 5.54 Å². The van der Waals surface area contributed by atoms with Crippen molar-refractivity contribution < 1.29 is 4.42 Å². The predicted molar refractivity (Wildman–Crippen MR) is 88.1 cm³/mol. The fourth-order valence-corrected chi connectivity index (χ4v) is 3.82. The smallest absolute Gasteiger partial charge is 0.105 e. The third kappa shape index (κ3) is 3.70. The molecule has 0 spiro atoms. The van der Waals surface area contributed by atoms with E-state index in [0.29, 0.717) is 0 Å². The summed E-state index contributed by atoms with van der Waals surface area (Å²) in [5.74, 6) is 2.69. The lowest BCUT2D eigenvalue weighted by molar-refractivity contribution is 0.0971. The molecular weight excluding hydrogens is 260 g/mol. The van der Waals surface area contributed by atoms with Crippen molar-refractivity contribution in [1.29, 1.82) is 0 Å². The minimum absolute atomic E-state index is 0.160. The molecule has 0 saturated heterocycles. The molecule has 1 aliphatic rings. The summed E-state index contributed by atoms with van der Waals surface area (Å²) in [6.45, 7) is 8.45. The molecule has 3 heteroatoms. The summed E-state index contributed by atoms with van der Waals surface area (Å²) in [6, 6.07) is 2.09. The van der Waals surface area contributed by atoms with Gasteiger partial charge in [-0.3, -0.25) is 4.90 Å². The molecule has 2 rings (SSSR count). The first kappa shape index (κ1) is 16.6. The third-order valence-electron chi connectivity index (χ3n) is 5.70. The van der Waals surface area contributed by atoms with Crippen molar-refractivity contribution in [3.63, 3.8) is 0 Å². The molecule has 1 fully saturated rings. The first-order valence-corrected chi connectivity index (χ1v) is 8.43. The molecule has 3 nitrogen and oxygen atoms in total. The van der Waals surface area contributed by atoms with Crippen LogP contribution in [-0.4, -0.2) is 24.0 Å². The van der Waals surface area contributed by atoms with Crippen LogP contribution in [0.4, 0.5) is 0 Å². The summed E-state index contributed by atoms with van der Waals surface area (Å²) in [5, 5.41) is 0. The molecule has 1 saturated carbocycles. The van der Waals surface area contributed by atoms with Gasteiger partial charge in [0.2, 0.25) is 0 Å². The van der Waals surface area contributed by atoms with Crippen molar-refractivity contribution in [2.45, 2.75) is 65.0 Å². The largest absolute Gasteiger partial charge is 0.469 e. The van der Waals surface area contributed by atoms with E-state index in [4.69, 9.17) is 10.2 Å². The number of likely N-dealkylation sites (N-methyl/N-ethyl adjacent to an activating group) is 1. The van der Waals surface area contributed by atoms with Gasteiger partial charge >= 0.3 is 0 Å². The van der Waals surface area contributed by atoms with Crippen LogP contribution < -0.4 is 5.73 Å². The Labute approximate surface area is 129 Å². The quantitative estimate of drug-likeness (QED) is 0.835. The number of nitrogens with zero attached hydrogens (tertiary/aromatic N) is 1. The first-order valence-electron chi connectivity index (χ1n) is 8.43. The molecule has 1 heterocycles. The average Bonchev–Trinajstić information content (AvgIpc) is 2.74. The van der Waals surface area contributed by atoms with E-state index in [2.05, 4.69) is 31.9 Å². The van der Waals surface area contributed by atoms with Gasteiger partial charge in [-0.15, -0.1) is 0 Å². The van der Waals surface area contributed by atoms with Crippen molar-refractivity contribution in [2.24, 2.45) is 17.6 Å². The first-order chi connectivity index (χ1) is 9.98. The lowest BCUT2D eigenvalue weighted by atomic mass is 9.85. The minimum atomic E-state index is 0.160. The Kier molecular flexibility index (Phi) is 5.50. The molecule has 2 N–H and O–H groups in total. The zero-order valence-electron chi connectivity index (χ0n) is 14.2. The molecule has 120 valence electrons. The van der Waals surface area contributed by atoms with Crippen molar-refractivity contribution in [3.05, 3.63) is 23.7 Å². The Morgan fingerprint density at radius 2 is 2.14 bits per heavy atom. The second-order valence-electron chi connectivity index (χ2n) is 7.22. The van der Waals surface area contributed by atoms with Crippen LogP contribution in [0.2, 0.25) is 0 Å². The third-order valence-corrected chi connectivity index (χ3v) is 5.70. The van der Waals surface area contributed by atoms with E-state index in [0.717, 1.165) is 30.7 Å². The van der Waals surface area contributed by atoms with Gasteiger partial charge in [0.25, 0.3) is 0 Å². The van der Waals surface area contributed by atoms with E-state index in [1.807, 2.05) is 6.92 Å². The van der Waals surface area contributed by atoms with E-state index >= 15 is 0 Å². The van der Waals surface area contributed by atoms with E-state index < -0.39 is 0 Å². The highest BCUT2D eigenvalue weighted by Gasteiger charge is 2.36. The Bertz CT molecular complexity index is 440. The highest BCUT2D eigenvalue weighted by atomic mass is 16.3. The highest BCUT2D eigenvalue weighted by Crippen LogP contribution is 2.37. The van der Waals surface area contributed by atoms with E-state index in [1.165, 1.54) is 37.7 Å². The SMILES string of the molecule is Cc1occc1CN(C)C1(CN)CCCC(C(C)C)CC1. The van der Waals surface area contributed by atoms with Crippen LogP contribution in [0.15, 0.2) is 16.7 Å². The van der Waals surface area contributed by atoms with Crippen LogP contribution >= 0.6 is 0 Å². The zero-order valence-corrected chi connectivity index (χ0v) is 14.2. The predicted octanol–water partition coefficient (Wildman–Crippen LogP) is 3.95. The molecule has 1 aliphatic carbocycles. The lowest BCUT2D eigenvalue weighted by Gasteiger charge is -2.41. The van der Waals surface area contributed by atoms with Crippen LogP contribution in [0.5, 0.6) is 0 Å². The number of furan rings is 1. The monoisotopic (exact) mass is 292 g/mol. The molecule has 2 atom stereocenters. The van der Waals surface area contributed by atoms with Crippen LogP contribution in [0, 0.1) is 18.8 Å². The van der Waals surface area contributed by atoms with E-state index in [9.17, 15) is 0 Å². The molecule has 1 aromatic heterocycles. The minimum Gasteiger partial charge on any atom is -0.469 e. The maximum Gasteiger partial charge on any atom is 0.105 e. The van der Waals surface area contributed by atoms with Crippen molar-refractivity contribution in [3.8, 4) is 0 Å². The molecule has 0 amide bonds. The van der Waals surface area contributed by atoms with Crippen molar-refractivity contribution in [2.75, 3.05) is 13.6 Å². The summed E-state index contributed by atoms with van der Waals surface area (Å²) < 4.78 is 5.43. The van der Waals surface area contributed by atoms with Crippen LogP contribution in [0.1, 0.15) is 57.3 Å². The van der Waals surface area contributed by atoms with Gasteiger partial charge in [0.15, 0.2) is 0 Å². The number of hydrogen-bond acceptors (Lipinski definition) is 3. The number of aryl methyl sites for hydroxylation is 1. The van der Waals surface area contributed by atoms with Crippen LogP contribution in [-0.2, 0) is 6.54 Å². The second-order valence-corrected chi connectivity index (χ2v) is 7.22. The fourth-order valence-electron chi connectivity index (χ4n) is 3.82. The summed E-state index contributed by atoms with van der Waals surface area (Å²) in [4.78, 5) is 2.48. The van der Waals surface area contributed by atoms with Gasteiger partial charge in [-0.1, -0.05) is 26.7 Å². The molecule has 2 unspecified atom stereocenters. The van der Waals surface area contributed by atoms with E-state index in [1.54, 1.807) is 6.26 Å². The summed E-state index contributed by atoms with van der Waals surface area (Å²) >= 11 is 0. The molecule has 0 aromatic carbocycles. The van der Waals surface area contributed by atoms with Gasteiger partial charge in [-0.25, -0.2) is 0 Å². The Morgan fingerprint density at radius 1 is 1.38 bits per heavy atom. The maximum atomic E-state index is 6.23. The normalized spacial score (nSPS) is 27.3. The number of nitrogens with two attached hydrogens (primary N) is 1. The van der Waals surface area contributed by atoms with Crippen LogP contribution in [0.3, 0.4) is 0 Å². The fraction of sp³-hybridized carbons (Fsp3) is 0.778. The van der Waals surface area contributed by atoms with Gasteiger partial charge in [-0.2, -0.15) is 0 Å². The molecule has 1 aromatic rings. The van der Waals surface area contributed by atoms with Gasteiger partial charge in [0, 0.05) is 24.2 Å². The van der Waals surface area contributed by atoms with Crippen molar-refractivity contribution in [1.82, 2.24) is 4.90 Å². The summed E-state index contributed by atoms with van der Waals surface area (Å²) in [6.07, 6.45) is 8.20. The molecule has 21 heavy (non-hydrogen) atoms. The molecule has 0 aliphatic heterocycles. The highest BCUT2D eigenvalue weighted by molar-refractivity contribution is 5.16. The standard InChI is InChI=1S/C18H32N2O/c1-14(2)16-6-5-9-18(13-19,10-7-16)20(4)12-17-8-11-21-15(17)3/h8,11,14,16H,5-7,9-10,12-13,19H2,1-4H3. The average molecular weight is 292 g/mol. The van der Waals surface area contributed by atoms with Gasteiger partial charge in [0.1, 0.15) is 5.76 Å². The number of hydrogen-bond donors (Lipinski definition) is 1. The maximum absolute atomic E-state index is 6.23. The summed E-state index contributed by atoms with van der Waals surface area (Å²) in [5.41, 5.74) is 7.68. The zero-order chi connectivity index (χ0) is 15.5. The Hall–Kier alpha value is -0.800. The lowest BCUT2D eigenvalue weighted by Crippen LogP contribution is -2.51. The Morgan fingerprint density at radius 3 is 2.71 bits per heavy atom. The molecular formula is C18H32N2O. The second kappa shape index (κ2) is 6.97. The molecule has 0 bridgehead atoms. The topological polar surface area (TPSA) is 42.4 Å². The molecule has 0 radical (unpaired) electrons. The van der Waals surface area contributed by atoms with Gasteiger partial charge in [-0.05, 0) is 51.1 Å². The van der Waals surface area contributed by atoms with Gasteiger partial charge in [0.05, 0.1) is 6.26 Å².